The first-order valence-corrected chi connectivity index (χ1v) is 10.3. The number of carbonyl (C=O) groups excluding carboxylic acids is 1. The van der Waals surface area contributed by atoms with E-state index in [1.165, 1.54) is 4.68 Å². The first-order chi connectivity index (χ1) is 14.5. The van der Waals surface area contributed by atoms with E-state index < -0.39 is 0 Å². The Balaban J connectivity index is 1.64. The number of hydrogen-bond acceptors (Lipinski definition) is 4. The van der Waals surface area contributed by atoms with Gasteiger partial charge in [0.25, 0.3) is 5.56 Å². The lowest BCUT2D eigenvalue weighted by Crippen LogP contribution is -2.29. The number of rotatable bonds is 5. The highest BCUT2D eigenvalue weighted by Gasteiger charge is 2.30. The molecule has 1 fully saturated rings. The van der Waals surface area contributed by atoms with E-state index in [-0.39, 0.29) is 23.8 Å². The van der Waals surface area contributed by atoms with Gasteiger partial charge >= 0.3 is 0 Å². The van der Waals surface area contributed by atoms with Gasteiger partial charge in [-0.25, -0.2) is 9.36 Å². The largest absolute Gasteiger partial charge is 0.293 e. The lowest BCUT2D eigenvalue weighted by atomic mass is 10.1. The third-order valence-electron chi connectivity index (χ3n) is 5.19. The molecule has 150 valence electrons. The van der Waals surface area contributed by atoms with Gasteiger partial charge in [0, 0.05) is 26.9 Å². The minimum absolute atomic E-state index is 0.156. The molecule has 1 aliphatic carbocycles. The van der Waals surface area contributed by atoms with Crippen LogP contribution in [0.5, 0.6) is 0 Å². The highest BCUT2D eigenvalue weighted by atomic mass is 35.5. The Kier molecular flexibility index (Phi) is 4.68. The van der Waals surface area contributed by atoms with Gasteiger partial charge in [-0.1, -0.05) is 29.3 Å². The molecule has 0 aliphatic heterocycles. The van der Waals surface area contributed by atoms with Crippen molar-refractivity contribution in [2.75, 3.05) is 0 Å². The van der Waals surface area contributed by atoms with E-state index in [0.29, 0.717) is 26.8 Å². The van der Waals surface area contributed by atoms with Gasteiger partial charge in [-0.05, 0) is 55.3 Å². The van der Waals surface area contributed by atoms with E-state index in [0.717, 1.165) is 23.9 Å². The summed E-state index contributed by atoms with van der Waals surface area (Å²) in [7, 11) is 0. The average molecular weight is 439 g/mol. The third kappa shape index (κ3) is 3.42. The monoisotopic (exact) mass is 438 g/mol. The number of nitrogens with zero attached hydrogens (tertiary/aromatic N) is 4. The van der Waals surface area contributed by atoms with Crippen LogP contribution in [0.25, 0.3) is 16.6 Å². The van der Waals surface area contributed by atoms with Crippen molar-refractivity contribution in [2.45, 2.75) is 25.3 Å². The van der Waals surface area contributed by atoms with E-state index in [2.05, 4.69) is 10.2 Å². The molecule has 5 rings (SSSR count). The van der Waals surface area contributed by atoms with Crippen LogP contribution >= 0.6 is 23.2 Å². The molecule has 1 saturated carbocycles. The number of ketones is 1. The van der Waals surface area contributed by atoms with Crippen LogP contribution in [0.15, 0.2) is 59.5 Å². The fourth-order valence-electron chi connectivity index (χ4n) is 3.53. The summed E-state index contributed by atoms with van der Waals surface area (Å²) in [5.74, 6) is 0.0678. The number of benzene rings is 2. The Morgan fingerprint density at radius 2 is 1.83 bits per heavy atom. The molecule has 0 atom stereocenters. The van der Waals surface area contributed by atoms with Crippen molar-refractivity contribution in [1.82, 2.24) is 19.6 Å². The summed E-state index contributed by atoms with van der Waals surface area (Å²) >= 11 is 12.0. The number of aromatic nitrogens is 4. The standard InChI is InChI=1S/C22H16Cl2N4O2/c23-15-8-6-13(7-9-15)19(29)12-27-22(30)21-18(20(26-27)14-4-5-14)11-25-28(21)17-3-1-2-16(24)10-17/h1-3,6-11,14H,4-5,12H2. The molecule has 2 heterocycles. The van der Waals surface area contributed by atoms with Crippen molar-refractivity contribution in [3.8, 4) is 5.69 Å². The predicted molar refractivity (Wildman–Crippen MR) is 116 cm³/mol. The molecule has 6 nitrogen and oxygen atoms in total. The molecular weight excluding hydrogens is 423 g/mol. The molecule has 2 aromatic carbocycles. The molecule has 0 saturated heterocycles. The predicted octanol–water partition coefficient (Wildman–Crippen LogP) is 4.65. The Morgan fingerprint density at radius 1 is 1.07 bits per heavy atom. The van der Waals surface area contributed by atoms with Gasteiger partial charge in [0.2, 0.25) is 0 Å². The molecule has 8 heteroatoms. The molecule has 2 aromatic heterocycles. The van der Waals surface area contributed by atoms with Crippen molar-refractivity contribution < 1.29 is 4.79 Å². The first-order valence-electron chi connectivity index (χ1n) is 9.55. The molecule has 30 heavy (non-hydrogen) atoms. The van der Waals surface area contributed by atoms with Crippen molar-refractivity contribution in [1.29, 1.82) is 0 Å². The highest BCUT2D eigenvalue weighted by Crippen LogP contribution is 2.41. The highest BCUT2D eigenvalue weighted by molar-refractivity contribution is 6.31. The SMILES string of the molecule is O=C(Cn1nc(C2CC2)c2cnn(-c3cccc(Cl)c3)c2c1=O)c1ccc(Cl)cc1. The zero-order valence-corrected chi connectivity index (χ0v) is 17.3. The van der Waals surface area contributed by atoms with E-state index >= 15 is 0 Å². The van der Waals surface area contributed by atoms with Crippen LogP contribution in [0.4, 0.5) is 0 Å². The summed E-state index contributed by atoms with van der Waals surface area (Å²) in [5, 5.41) is 10.8. The molecular formula is C22H16Cl2N4O2. The van der Waals surface area contributed by atoms with E-state index in [1.807, 2.05) is 6.07 Å². The van der Waals surface area contributed by atoms with Crippen LogP contribution in [-0.2, 0) is 6.54 Å². The summed E-state index contributed by atoms with van der Waals surface area (Å²) in [4.78, 5) is 26.1. The molecule has 0 amide bonds. The van der Waals surface area contributed by atoms with Gasteiger partial charge in [-0.3, -0.25) is 9.59 Å². The Hall–Kier alpha value is -2.96. The number of hydrogen-bond donors (Lipinski definition) is 0. The van der Waals surface area contributed by atoms with Crippen molar-refractivity contribution in [2.24, 2.45) is 0 Å². The van der Waals surface area contributed by atoms with Crippen LogP contribution in [0.3, 0.4) is 0 Å². The lowest BCUT2D eigenvalue weighted by Gasteiger charge is -2.10. The van der Waals surface area contributed by atoms with Gasteiger partial charge in [0.05, 0.1) is 17.6 Å². The summed E-state index contributed by atoms with van der Waals surface area (Å²) in [6.45, 7) is -0.156. The Morgan fingerprint density at radius 3 is 2.53 bits per heavy atom. The molecule has 1 aliphatic rings. The van der Waals surface area contributed by atoms with Crippen molar-refractivity contribution >= 4 is 39.9 Å². The van der Waals surface area contributed by atoms with Crippen LogP contribution in [0.1, 0.15) is 34.8 Å². The molecule has 0 radical (unpaired) electrons. The van der Waals surface area contributed by atoms with E-state index in [1.54, 1.807) is 53.3 Å². The summed E-state index contributed by atoms with van der Waals surface area (Å²) in [6, 6.07) is 13.7. The van der Waals surface area contributed by atoms with Crippen molar-refractivity contribution in [3.05, 3.63) is 86.4 Å². The summed E-state index contributed by atoms with van der Waals surface area (Å²) < 4.78 is 2.82. The zero-order chi connectivity index (χ0) is 20.8. The third-order valence-corrected chi connectivity index (χ3v) is 5.67. The molecule has 0 unspecified atom stereocenters. The summed E-state index contributed by atoms with van der Waals surface area (Å²) in [5.41, 5.74) is 2.00. The maximum absolute atomic E-state index is 13.3. The van der Waals surface area contributed by atoms with Crippen molar-refractivity contribution in [3.63, 3.8) is 0 Å². The average Bonchev–Trinajstić information content (AvgIpc) is 3.48. The quantitative estimate of drug-likeness (QED) is 0.425. The minimum atomic E-state index is -0.366. The molecule has 0 N–H and O–H groups in total. The molecule has 4 aromatic rings. The van der Waals surface area contributed by atoms with E-state index in [4.69, 9.17) is 23.2 Å². The van der Waals surface area contributed by atoms with Gasteiger partial charge in [0.1, 0.15) is 12.1 Å². The van der Waals surface area contributed by atoms with Gasteiger partial charge in [-0.2, -0.15) is 10.2 Å². The Bertz CT molecular complexity index is 1340. The van der Waals surface area contributed by atoms with Crippen LogP contribution in [0.2, 0.25) is 10.0 Å². The maximum atomic E-state index is 13.3. The van der Waals surface area contributed by atoms with E-state index in [9.17, 15) is 9.59 Å². The fraction of sp³-hybridized carbons (Fsp3) is 0.182. The summed E-state index contributed by atoms with van der Waals surface area (Å²) in [6.07, 6.45) is 3.69. The topological polar surface area (TPSA) is 69.8 Å². The smallest absolute Gasteiger partial charge is 0.292 e. The lowest BCUT2D eigenvalue weighted by molar-refractivity contribution is 0.0965. The minimum Gasteiger partial charge on any atom is -0.292 e. The number of fused-ring (bicyclic) bond motifs is 1. The van der Waals surface area contributed by atoms with Gasteiger partial charge in [0.15, 0.2) is 5.78 Å². The zero-order valence-electron chi connectivity index (χ0n) is 15.8. The van der Waals surface area contributed by atoms with Gasteiger partial charge < -0.3 is 0 Å². The number of carbonyl (C=O) groups is 1. The second-order valence-corrected chi connectivity index (χ2v) is 8.22. The second kappa shape index (κ2) is 7.38. The van der Waals surface area contributed by atoms with Gasteiger partial charge in [-0.15, -0.1) is 0 Å². The van der Waals surface area contributed by atoms with Crippen LogP contribution < -0.4 is 5.56 Å². The number of Topliss-reactive ketones (excluding diaryl/α,β-unsaturated/α-hetero) is 1. The van der Waals surface area contributed by atoms with Crippen LogP contribution in [0, 0.1) is 0 Å². The number of halogens is 2. The maximum Gasteiger partial charge on any atom is 0.293 e. The molecule has 0 spiro atoms. The normalized spacial score (nSPS) is 13.7. The second-order valence-electron chi connectivity index (χ2n) is 7.35. The fourth-order valence-corrected chi connectivity index (χ4v) is 3.84. The Labute approximate surface area is 181 Å². The van der Waals surface area contributed by atoms with Crippen LogP contribution in [-0.4, -0.2) is 25.3 Å². The molecule has 0 bridgehead atoms. The first kappa shape index (κ1) is 19.0.